The molecule has 0 saturated carbocycles. The van der Waals surface area contributed by atoms with Crippen molar-refractivity contribution in [2.75, 3.05) is 26.2 Å². The van der Waals surface area contributed by atoms with Crippen molar-refractivity contribution in [2.45, 2.75) is 45.7 Å². The molecule has 0 atom stereocenters. The summed E-state index contributed by atoms with van der Waals surface area (Å²) >= 11 is 0. The monoisotopic (exact) mass is 393 g/mol. The Kier molecular flexibility index (Phi) is 6.14. The van der Waals surface area contributed by atoms with Gasteiger partial charge in [-0.15, -0.1) is 0 Å². The predicted molar refractivity (Wildman–Crippen MR) is 113 cm³/mol. The molecule has 1 spiro atoms. The van der Waals surface area contributed by atoms with Gasteiger partial charge < -0.3 is 9.64 Å². The van der Waals surface area contributed by atoms with Crippen molar-refractivity contribution in [2.24, 2.45) is 5.41 Å². The van der Waals surface area contributed by atoms with E-state index in [9.17, 15) is 4.79 Å². The van der Waals surface area contributed by atoms with Gasteiger partial charge in [0.2, 0.25) is 5.91 Å². The van der Waals surface area contributed by atoms with Gasteiger partial charge in [-0.2, -0.15) is 0 Å². The first-order chi connectivity index (χ1) is 14.2. The first-order valence-corrected chi connectivity index (χ1v) is 10.8. The third kappa shape index (κ3) is 4.78. The Labute approximate surface area is 173 Å². The van der Waals surface area contributed by atoms with Gasteiger partial charge >= 0.3 is 0 Å². The number of carbonyl (C=O) groups excluding carboxylic acids is 1. The average molecular weight is 394 g/mol. The number of aromatic nitrogens is 1. The number of para-hydroxylation sites is 1. The van der Waals surface area contributed by atoms with Gasteiger partial charge in [-0.1, -0.05) is 18.2 Å². The number of likely N-dealkylation sites (tertiary alicyclic amines) is 2. The molecule has 154 valence electrons. The van der Waals surface area contributed by atoms with Crippen LogP contribution in [0.4, 0.5) is 0 Å². The van der Waals surface area contributed by atoms with Crippen LogP contribution in [-0.2, 0) is 17.9 Å². The number of carbonyl (C=O) groups is 1. The number of rotatable bonds is 6. The van der Waals surface area contributed by atoms with Crippen LogP contribution in [0.15, 0.2) is 48.8 Å². The summed E-state index contributed by atoms with van der Waals surface area (Å²) in [6.07, 6.45) is 7.63. The minimum Gasteiger partial charge on any atom is -0.494 e. The molecule has 3 heterocycles. The van der Waals surface area contributed by atoms with E-state index in [2.05, 4.69) is 33.0 Å². The molecule has 0 aliphatic carbocycles. The summed E-state index contributed by atoms with van der Waals surface area (Å²) in [5, 5.41) is 0. The summed E-state index contributed by atoms with van der Waals surface area (Å²) < 4.78 is 5.80. The first kappa shape index (κ1) is 19.9. The molecular weight excluding hydrogens is 362 g/mol. The third-order valence-electron chi connectivity index (χ3n) is 6.45. The second-order valence-electron chi connectivity index (χ2n) is 8.42. The maximum absolute atomic E-state index is 12.5. The number of hydrogen-bond acceptors (Lipinski definition) is 4. The zero-order valence-electron chi connectivity index (χ0n) is 17.3. The van der Waals surface area contributed by atoms with Gasteiger partial charge in [0.25, 0.3) is 0 Å². The van der Waals surface area contributed by atoms with E-state index < -0.39 is 0 Å². The van der Waals surface area contributed by atoms with Crippen LogP contribution in [0, 0.1) is 5.41 Å². The van der Waals surface area contributed by atoms with Gasteiger partial charge in [0.15, 0.2) is 0 Å². The Morgan fingerprint density at radius 1 is 1.03 bits per heavy atom. The maximum Gasteiger partial charge on any atom is 0.222 e. The topological polar surface area (TPSA) is 45.7 Å². The van der Waals surface area contributed by atoms with Gasteiger partial charge in [-0.3, -0.25) is 14.7 Å². The zero-order valence-corrected chi connectivity index (χ0v) is 17.3. The molecule has 2 aliphatic heterocycles. The van der Waals surface area contributed by atoms with Crippen molar-refractivity contribution in [1.82, 2.24) is 14.8 Å². The van der Waals surface area contributed by atoms with Crippen LogP contribution >= 0.6 is 0 Å². The molecule has 0 N–H and O–H groups in total. The van der Waals surface area contributed by atoms with Crippen LogP contribution in [0.3, 0.4) is 0 Å². The summed E-state index contributed by atoms with van der Waals surface area (Å²) in [4.78, 5) is 21.2. The van der Waals surface area contributed by atoms with Crippen LogP contribution in [-0.4, -0.2) is 46.9 Å². The van der Waals surface area contributed by atoms with E-state index in [4.69, 9.17) is 4.74 Å². The standard InChI is InChI=1S/C24H31N3O2/c1-2-29-22-6-4-3-5-21(22)18-26-15-11-24(12-16-26)10-7-23(28)27(19-24)17-20-8-13-25-14-9-20/h3-6,8-9,13-14H,2,7,10-12,15-19H2,1H3. The Morgan fingerprint density at radius 3 is 2.55 bits per heavy atom. The highest BCUT2D eigenvalue weighted by molar-refractivity contribution is 5.77. The number of piperidine rings is 2. The van der Waals surface area contributed by atoms with E-state index >= 15 is 0 Å². The van der Waals surface area contributed by atoms with Crippen LogP contribution in [0.2, 0.25) is 0 Å². The predicted octanol–water partition coefficient (Wildman–Crippen LogP) is 3.89. The van der Waals surface area contributed by atoms with E-state index in [1.165, 1.54) is 5.56 Å². The van der Waals surface area contributed by atoms with Crippen LogP contribution < -0.4 is 4.74 Å². The van der Waals surface area contributed by atoms with Crippen molar-refractivity contribution >= 4 is 5.91 Å². The second kappa shape index (κ2) is 8.95. The number of nitrogens with zero attached hydrogens (tertiary/aromatic N) is 3. The minimum atomic E-state index is 0.275. The van der Waals surface area contributed by atoms with Crippen molar-refractivity contribution in [3.8, 4) is 5.75 Å². The average Bonchev–Trinajstić information content (AvgIpc) is 2.75. The fraction of sp³-hybridized carbons (Fsp3) is 0.500. The summed E-state index contributed by atoms with van der Waals surface area (Å²) in [7, 11) is 0. The highest BCUT2D eigenvalue weighted by atomic mass is 16.5. The van der Waals surface area contributed by atoms with E-state index in [0.717, 1.165) is 56.8 Å². The molecule has 5 nitrogen and oxygen atoms in total. The summed E-state index contributed by atoms with van der Waals surface area (Å²) in [6.45, 7) is 7.42. The van der Waals surface area contributed by atoms with E-state index in [0.29, 0.717) is 25.5 Å². The quantitative estimate of drug-likeness (QED) is 0.747. The van der Waals surface area contributed by atoms with Crippen LogP contribution in [0.5, 0.6) is 5.75 Å². The molecule has 0 radical (unpaired) electrons. The molecule has 4 rings (SSSR count). The number of benzene rings is 1. The first-order valence-electron chi connectivity index (χ1n) is 10.8. The molecular formula is C24H31N3O2. The van der Waals surface area contributed by atoms with Crippen LogP contribution in [0.1, 0.15) is 43.7 Å². The largest absolute Gasteiger partial charge is 0.494 e. The molecule has 1 amide bonds. The minimum absolute atomic E-state index is 0.275. The van der Waals surface area contributed by atoms with Crippen molar-refractivity contribution in [3.63, 3.8) is 0 Å². The van der Waals surface area contributed by atoms with Gasteiger partial charge in [-0.05, 0) is 68.5 Å². The van der Waals surface area contributed by atoms with Gasteiger partial charge in [0.1, 0.15) is 5.75 Å². The lowest BCUT2D eigenvalue weighted by atomic mass is 9.72. The summed E-state index contributed by atoms with van der Waals surface area (Å²) in [6, 6.07) is 12.4. The SMILES string of the molecule is CCOc1ccccc1CN1CCC2(CCC(=O)N(Cc3ccncc3)C2)CC1. The van der Waals surface area contributed by atoms with Gasteiger partial charge in [0.05, 0.1) is 6.61 Å². The number of amides is 1. The number of ether oxygens (including phenoxy) is 1. The summed E-state index contributed by atoms with van der Waals surface area (Å²) in [5.41, 5.74) is 2.70. The molecule has 1 aromatic carbocycles. The fourth-order valence-corrected chi connectivity index (χ4v) is 4.72. The summed E-state index contributed by atoms with van der Waals surface area (Å²) in [5.74, 6) is 1.29. The fourth-order valence-electron chi connectivity index (χ4n) is 4.72. The Balaban J connectivity index is 1.36. The maximum atomic E-state index is 12.5. The molecule has 0 bridgehead atoms. The second-order valence-corrected chi connectivity index (χ2v) is 8.42. The third-order valence-corrected chi connectivity index (χ3v) is 6.45. The molecule has 29 heavy (non-hydrogen) atoms. The lowest BCUT2D eigenvalue weighted by molar-refractivity contribution is -0.140. The van der Waals surface area contributed by atoms with E-state index in [1.807, 2.05) is 25.1 Å². The molecule has 2 fully saturated rings. The normalized spacial score (nSPS) is 19.5. The smallest absolute Gasteiger partial charge is 0.222 e. The zero-order chi connectivity index (χ0) is 20.1. The van der Waals surface area contributed by atoms with E-state index in [1.54, 1.807) is 12.4 Å². The molecule has 2 saturated heterocycles. The highest BCUT2D eigenvalue weighted by Crippen LogP contribution is 2.41. The van der Waals surface area contributed by atoms with E-state index in [-0.39, 0.29) is 5.41 Å². The van der Waals surface area contributed by atoms with Crippen molar-refractivity contribution < 1.29 is 9.53 Å². The lowest BCUT2D eigenvalue weighted by Gasteiger charge is -2.47. The number of pyridine rings is 1. The Morgan fingerprint density at radius 2 is 1.79 bits per heavy atom. The number of hydrogen-bond donors (Lipinski definition) is 0. The Bertz CT molecular complexity index is 816. The van der Waals surface area contributed by atoms with Gasteiger partial charge in [0, 0.05) is 44.0 Å². The van der Waals surface area contributed by atoms with Crippen LogP contribution in [0.25, 0.3) is 0 Å². The Hall–Kier alpha value is -2.40. The van der Waals surface area contributed by atoms with Crippen molar-refractivity contribution in [1.29, 1.82) is 0 Å². The highest BCUT2D eigenvalue weighted by Gasteiger charge is 2.40. The molecule has 2 aliphatic rings. The molecule has 2 aromatic rings. The lowest BCUT2D eigenvalue weighted by Crippen LogP contribution is -2.51. The van der Waals surface area contributed by atoms with Gasteiger partial charge in [-0.25, -0.2) is 0 Å². The molecule has 0 unspecified atom stereocenters. The molecule has 5 heteroatoms. The van der Waals surface area contributed by atoms with Crippen molar-refractivity contribution in [3.05, 3.63) is 59.9 Å². The molecule has 1 aromatic heterocycles.